The molecule has 3 atom stereocenters. The topological polar surface area (TPSA) is 83.6 Å². The van der Waals surface area contributed by atoms with E-state index in [1.54, 1.807) is 24.5 Å². The van der Waals surface area contributed by atoms with Crippen molar-refractivity contribution in [2.45, 2.75) is 95.6 Å². The van der Waals surface area contributed by atoms with Crippen molar-refractivity contribution in [3.8, 4) is 0 Å². The molecule has 2 aliphatic rings. The molecule has 1 aliphatic carbocycles. The molecule has 1 unspecified atom stereocenters. The Morgan fingerprint density at radius 2 is 1.82 bits per heavy atom. The molecule has 0 bridgehead atoms. The summed E-state index contributed by atoms with van der Waals surface area (Å²) in [5, 5.41) is 6.21. The van der Waals surface area contributed by atoms with Gasteiger partial charge < -0.3 is 15.4 Å². The average Bonchev–Trinajstić information content (AvgIpc) is 3.35. The van der Waals surface area contributed by atoms with Crippen LogP contribution < -0.4 is 15.5 Å². The number of hydrogen-bond acceptors (Lipinski definition) is 5. The number of carbonyl (C=O) groups is 2. The molecule has 2 fully saturated rings. The Morgan fingerprint density at radius 3 is 2.42 bits per heavy atom. The first-order chi connectivity index (χ1) is 18.1. The van der Waals surface area contributed by atoms with Gasteiger partial charge in [0.2, 0.25) is 11.8 Å². The highest BCUT2D eigenvalue weighted by Crippen LogP contribution is 2.33. The van der Waals surface area contributed by atoms with Gasteiger partial charge in [-0.25, -0.2) is 0 Å². The van der Waals surface area contributed by atoms with Gasteiger partial charge in [0.25, 0.3) is 0 Å². The van der Waals surface area contributed by atoms with Crippen LogP contribution in [0, 0.1) is 0 Å². The SMILES string of the molecule is CC(C)(C)c1ccc(N(C(=O)[C@H]2C[C@H](OC(F)F)CN2)C(C(=O)NC2CCCCC2)c2cccnc2)cc1. The van der Waals surface area contributed by atoms with Gasteiger partial charge in [-0.05, 0) is 48.4 Å². The average molecular weight is 529 g/mol. The number of pyridine rings is 1. The molecule has 2 aromatic rings. The van der Waals surface area contributed by atoms with Gasteiger partial charge in [-0.2, -0.15) is 8.78 Å². The van der Waals surface area contributed by atoms with Crippen molar-refractivity contribution in [2.75, 3.05) is 11.4 Å². The highest BCUT2D eigenvalue weighted by molar-refractivity contribution is 6.04. The zero-order valence-corrected chi connectivity index (χ0v) is 22.3. The fourth-order valence-electron chi connectivity index (χ4n) is 5.32. The van der Waals surface area contributed by atoms with Gasteiger partial charge in [0.1, 0.15) is 6.04 Å². The highest BCUT2D eigenvalue weighted by atomic mass is 19.3. The van der Waals surface area contributed by atoms with Crippen LogP contribution in [0.15, 0.2) is 48.8 Å². The fraction of sp³-hybridized carbons (Fsp3) is 0.552. The molecule has 0 radical (unpaired) electrons. The van der Waals surface area contributed by atoms with Gasteiger partial charge in [0, 0.05) is 36.2 Å². The van der Waals surface area contributed by atoms with E-state index in [4.69, 9.17) is 0 Å². The van der Waals surface area contributed by atoms with Crippen LogP contribution in [0.1, 0.15) is 76.5 Å². The molecule has 38 heavy (non-hydrogen) atoms. The summed E-state index contributed by atoms with van der Waals surface area (Å²) in [7, 11) is 0. The summed E-state index contributed by atoms with van der Waals surface area (Å²) in [6, 6.07) is 9.42. The van der Waals surface area contributed by atoms with E-state index in [1.165, 1.54) is 4.90 Å². The van der Waals surface area contributed by atoms with Gasteiger partial charge in [-0.1, -0.05) is 58.2 Å². The smallest absolute Gasteiger partial charge is 0.345 e. The largest absolute Gasteiger partial charge is 0.351 e. The zero-order valence-electron chi connectivity index (χ0n) is 22.3. The Hall–Kier alpha value is -2.91. The number of carbonyl (C=O) groups excluding carboxylic acids is 2. The van der Waals surface area contributed by atoms with Crippen LogP contribution in [0.4, 0.5) is 14.5 Å². The molecule has 7 nitrogen and oxygen atoms in total. The third kappa shape index (κ3) is 6.94. The minimum Gasteiger partial charge on any atom is -0.351 e. The van der Waals surface area contributed by atoms with Crippen molar-refractivity contribution in [2.24, 2.45) is 0 Å². The maximum Gasteiger partial charge on any atom is 0.345 e. The lowest BCUT2D eigenvalue weighted by Gasteiger charge is -2.35. The lowest BCUT2D eigenvalue weighted by Crippen LogP contribution is -2.51. The standard InChI is InChI=1S/C29H38F2N4O3/c1-29(2,3)20-11-13-22(14-12-20)35(27(37)24-16-23(18-33-24)38-28(30)31)25(19-8-7-15-32-17-19)26(36)34-21-9-5-4-6-10-21/h7-8,11-15,17,21,23-25,28,33H,4-6,9-10,16,18H2,1-3H3,(H,34,36)/t23-,24+,25?/m0/s1. The van der Waals surface area contributed by atoms with Crippen LogP contribution in [-0.2, 0) is 19.7 Å². The van der Waals surface area contributed by atoms with Crippen molar-refractivity contribution in [1.82, 2.24) is 15.6 Å². The first-order valence-corrected chi connectivity index (χ1v) is 13.4. The number of hydrogen-bond donors (Lipinski definition) is 2. The van der Waals surface area contributed by atoms with E-state index in [9.17, 15) is 18.4 Å². The second kappa shape index (κ2) is 12.3. The molecule has 4 rings (SSSR count). The van der Waals surface area contributed by atoms with E-state index in [0.717, 1.165) is 37.7 Å². The van der Waals surface area contributed by atoms with Gasteiger partial charge in [-0.15, -0.1) is 0 Å². The molecule has 1 aromatic heterocycles. The molecule has 1 saturated carbocycles. The molecule has 206 valence electrons. The maximum atomic E-state index is 14.1. The predicted octanol–water partition coefficient (Wildman–Crippen LogP) is 4.87. The van der Waals surface area contributed by atoms with Crippen molar-refractivity contribution in [3.63, 3.8) is 0 Å². The normalized spacial score (nSPS) is 21.3. The van der Waals surface area contributed by atoms with E-state index in [2.05, 4.69) is 41.1 Å². The van der Waals surface area contributed by atoms with Crippen LogP contribution in [-0.4, -0.2) is 48.1 Å². The van der Waals surface area contributed by atoms with Gasteiger partial charge >= 0.3 is 6.61 Å². The molecular weight excluding hydrogens is 490 g/mol. The number of amides is 2. The van der Waals surface area contributed by atoms with E-state index < -0.39 is 24.8 Å². The van der Waals surface area contributed by atoms with Crippen LogP contribution >= 0.6 is 0 Å². The molecule has 9 heteroatoms. The Labute approximate surface area is 223 Å². The van der Waals surface area contributed by atoms with Crippen molar-refractivity contribution in [3.05, 3.63) is 59.9 Å². The first-order valence-electron chi connectivity index (χ1n) is 13.4. The van der Waals surface area contributed by atoms with Crippen LogP contribution in [0.3, 0.4) is 0 Å². The van der Waals surface area contributed by atoms with Crippen LogP contribution in [0.5, 0.6) is 0 Å². The third-order valence-electron chi connectivity index (χ3n) is 7.39. The molecule has 2 amide bonds. The molecule has 1 aliphatic heterocycles. The highest BCUT2D eigenvalue weighted by Gasteiger charge is 2.40. The van der Waals surface area contributed by atoms with E-state index in [-0.39, 0.29) is 36.2 Å². The van der Waals surface area contributed by atoms with Crippen molar-refractivity contribution >= 4 is 17.5 Å². The minimum absolute atomic E-state index is 0.0454. The summed E-state index contributed by atoms with van der Waals surface area (Å²) in [5.41, 5.74) is 2.12. The maximum absolute atomic E-state index is 14.1. The Morgan fingerprint density at radius 1 is 1.11 bits per heavy atom. The Bertz CT molecular complexity index is 1070. The summed E-state index contributed by atoms with van der Waals surface area (Å²) in [5.74, 6) is -0.655. The first kappa shape index (κ1) is 28.1. The number of benzene rings is 1. The predicted molar refractivity (Wildman–Crippen MR) is 142 cm³/mol. The molecule has 0 spiro atoms. The summed E-state index contributed by atoms with van der Waals surface area (Å²) >= 11 is 0. The fourth-order valence-corrected chi connectivity index (χ4v) is 5.32. The summed E-state index contributed by atoms with van der Waals surface area (Å²) in [6.07, 6.45) is 7.57. The Balaban J connectivity index is 1.71. The molecular formula is C29H38F2N4O3. The minimum atomic E-state index is -2.92. The van der Waals surface area contributed by atoms with Crippen molar-refractivity contribution in [1.29, 1.82) is 0 Å². The molecule has 2 N–H and O–H groups in total. The number of rotatable bonds is 8. The molecule has 1 aromatic carbocycles. The number of anilines is 1. The third-order valence-corrected chi connectivity index (χ3v) is 7.39. The van der Waals surface area contributed by atoms with E-state index >= 15 is 0 Å². The second-order valence-electron chi connectivity index (χ2n) is 11.3. The lowest BCUT2D eigenvalue weighted by atomic mass is 9.87. The number of nitrogens with one attached hydrogen (secondary N) is 2. The van der Waals surface area contributed by atoms with Gasteiger partial charge in [0.15, 0.2) is 0 Å². The Kier molecular flexibility index (Phi) is 9.10. The van der Waals surface area contributed by atoms with E-state index in [1.807, 2.05) is 24.3 Å². The number of aromatic nitrogens is 1. The van der Waals surface area contributed by atoms with Gasteiger partial charge in [0.05, 0.1) is 12.1 Å². The summed E-state index contributed by atoms with van der Waals surface area (Å²) in [4.78, 5) is 33.7. The zero-order chi connectivity index (χ0) is 27.3. The van der Waals surface area contributed by atoms with Crippen LogP contribution in [0.2, 0.25) is 0 Å². The number of ether oxygens (including phenoxy) is 1. The number of halogens is 2. The van der Waals surface area contributed by atoms with Gasteiger partial charge in [-0.3, -0.25) is 19.5 Å². The van der Waals surface area contributed by atoms with Crippen LogP contribution in [0.25, 0.3) is 0 Å². The van der Waals surface area contributed by atoms with Crippen molar-refractivity contribution < 1.29 is 23.1 Å². The van der Waals surface area contributed by atoms with E-state index in [0.29, 0.717) is 11.3 Å². The second-order valence-corrected chi connectivity index (χ2v) is 11.3. The number of alkyl halides is 2. The lowest BCUT2D eigenvalue weighted by molar-refractivity contribution is -0.157. The number of nitrogens with zero attached hydrogens (tertiary/aromatic N) is 2. The quantitative estimate of drug-likeness (QED) is 0.511. The summed E-state index contributed by atoms with van der Waals surface area (Å²) in [6.45, 7) is 3.52. The molecule has 2 heterocycles. The summed E-state index contributed by atoms with van der Waals surface area (Å²) < 4.78 is 30.4. The molecule has 1 saturated heterocycles. The monoisotopic (exact) mass is 528 g/mol.